The molecule has 0 aliphatic carbocycles. The normalized spacial score (nSPS) is 10.8. The standard InChI is InChI=1S/C33H32N4O2/c1-23-19-31(29-14-3-5-15-30(29)36-23)37-27-12-8-11-26(21-27)33(38)35-18-17-34-22-24-9-7-10-25(20-24)28-13-4-6-16-32(28)39-2/h3-16,19-21,34H,17-18,22H2,1-2H3,(H,35,38)(H,36,37). The highest BCUT2D eigenvalue weighted by atomic mass is 16.5. The first-order valence-corrected chi connectivity index (χ1v) is 13.1. The predicted octanol–water partition coefficient (Wildman–Crippen LogP) is 6.48. The molecule has 1 heterocycles. The largest absolute Gasteiger partial charge is 0.496 e. The first-order chi connectivity index (χ1) is 19.1. The first kappa shape index (κ1) is 25.9. The number of ether oxygens (including phenoxy) is 1. The van der Waals surface area contributed by atoms with Gasteiger partial charge in [0.1, 0.15) is 5.75 Å². The van der Waals surface area contributed by atoms with Gasteiger partial charge in [-0.15, -0.1) is 0 Å². The third kappa shape index (κ3) is 6.43. The van der Waals surface area contributed by atoms with Crippen LogP contribution in [0.25, 0.3) is 22.0 Å². The number of carbonyl (C=O) groups is 1. The smallest absolute Gasteiger partial charge is 0.251 e. The number of nitrogens with one attached hydrogen (secondary N) is 3. The van der Waals surface area contributed by atoms with E-state index in [4.69, 9.17) is 4.74 Å². The fourth-order valence-electron chi connectivity index (χ4n) is 4.64. The van der Waals surface area contributed by atoms with E-state index < -0.39 is 0 Å². The number of aryl methyl sites for hydroxylation is 1. The zero-order valence-electron chi connectivity index (χ0n) is 22.2. The second-order valence-corrected chi connectivity index (χ2v) is 9.37. The Labute approximate surface area is 229 Å². The van der Waals surface area contributed by atoms with Crippen LogP contribution >= 0.6 is 0 Å². The highest BCUT2D eigenvalue weighted by Crippen LogP contribution is 2.30. The van der Waals surface area contributed by atoms with Gasteiger partial charge in [-0.2, -0.15) is 0 Å². The fourth-order valence-corrected chi connectivity index (χ4v) is 4.64. The Bertz CT molecular complexity index is 1600. The number of amides is 1. The maximum atomic E-state index is 12.8. The summed E-state index contributed by atoms with van der Waals surface area (Å²) in [6.45, 7) is 3.87. The van der Waals surface area contributed by atoms with Gasteiger partial charge < -0.3 is 20.7 Å². The second kappa shape index (κ2) is 12.2. The summed E-state index contributed by atoms with van der Waals surface area (Å²) >= 11 is 0. The zero-order chi connectivity index (χ0) is 27.0. The number of hydrogen-bond acceptors (Lipinski definition) is 5. The van der Waals surface area contributed by atoms with Crippen molar-refractivity contribution < 1.29 is 9.53 Å². The maximum absolute atomic E-state index is 12.8. The molecule has 0 atom stereocenters. The monoisotopic (exact) mass is 516 g/mol. The SMILES string of the molecule is COc1ccccc1-c1cccc(CNCCNC(=O)c2cccc(Nc3cc(C)nc4ccccc34)c2)c1. The number of fused-ring (bicyclic) bond motifs is 1. The summed E-state index contributed by atoms with van der Waals surface area (Å²) in [5.74, 6) is 0.753. The highest BCUT2D eigenvalue weighted by Gasteiger charge is 2.09. The van der Waals surface area contributed by atoms with Crippen molar-refractivity contribution >= 4 is 28.2 Å². The van der Waals surface area contributed by atoms with Gasteiger partial charge in [0.05, 0.1) is 12.6 Å². The molecule has 0 saturated heterocycles. The minimum atomic E-state index is -0.102. The highest BCUT2D eigenvalue weighted by molar-refractivity contribution is 5.96. The van der Waals surface area contributed by atoms with E-state index >= 15 is 0 Å². The Morgan fingerprint density at radius 2 is 1.67 bits per heavy atom. The Balaban J connectivity index is 1.14. The fraction of sp³-hybridized carbons (Fsp3) is 0.152. The van der Waals surface area contributed by atoms with Gasteiger partial charge in [0.15, 0.2) is 0 Å². The first-order valence-electron chi connectivity index (χ1n) is 13.1. The molecular weight excluding hydrogens is 484 g/mol. The molecule has 0 bridgehead atoms. The summed E-state index contributed by atoms with van der Waals surface area (Å²) in [7, 11) is 1.69. The molecule has 4 aromatic carbocycles. The van der Waals surface area contributed by atoms with Crippen molar-refractivity contribution in [3.63, 3.8) is 0 Å². The molecule has 1 aromatic heterocycles. The number of aromatic nitrogens is 1. The lowest BCUT2D eigenvalue weighted by molar-refractivity contribution is 0.0954. The summed E-state index contributed by atoms with van der Waals surface area (Å²) in [6.07, 6.45) is 0. The number of rotatable bonds is 10. The molecule has 0 aliphatic rings. The van der Waals surface area contributed by atoms with Gasteiger partial charge in [0.2, 0.25) is 0 Å². The number of anilines is 2. The lowest BCUT2D eigenvalue weighted by Gasteiger charge is -2.12. The van der Waals surface area contributed by atoms with Gasteiger partial charge in [-0.3, -0.25) is 9.78 Å². The van der Waals surface area contributed by atoms with Crippen LogP contribution in [0.15, 0.2) is 103 Å². The lowest BCUT2D eigenvalue weighted by atomic mass is 10.0. The molecule has 6 heteroatoms. The third-order valence-corrected chi connectivity index (χ3v) is 6.51. The molecule has 0 saturated carbocycles. The van der Waals surface area contributed by atoms with E-state index in [9.17, 15) is 4.79 Å². The molecule has 0 aliphatic heterocycles. The van der Waals surface area contributed by atoms with Crippen LogP contribution in [0.5, 0.6) is 5.75 Å². The number of methoxy groups -OCH3 is 1. The molecule has 5 aromatic rings. The number of para-hydroxylation sites is 2. The minimum absolute atomic E-state index is 0.102. The van der Waals surface area contributed by atoms with E-state index in [0.29, 0.717) is 25.2 Å². The Morgan fingerprint density at radius 3 is 2.56 bits per heavy atom. The van der Waals surface area contributed by atoms with Crippen LogP contribution in [0.3, 0.4) is 0 Å². The Hall–Kier alpha value is -4.68. The van der Waals surface area contributed by atoms with Crippen LogP contribution in [0.2, 0.25) is 0 Å². The van der Waals surface area contributed by atoms with E-state index in [1.807, 2.05) is 79.7 Å². The number of hydrogen-bond donors (Lipinski definition) is 3. The zero-order valence-corrected chi connectivity index (χ0v) is 22.2. The molecule has 0 spiro atoms. The molecule has 196 valence electrons. The van der Waals surface area contributed by atoms with Gasteiger partial charge >= 0.3 is 0 Å². The van der Waals surface area contributed by atoms with Crippen molar-refractivity contribution in [3.05, 3.63) is 120 Å². The average molecular weight is 517 g/mol. The minimum Gasteiger partial charge on any atom is -0.496 e. The lowest BCUT2D eigenvalue weighted by Crippen LogP contribution is -2.31. The van der Waals surface area contributed by atoms with E-state index in [0.717, 1.165) is 44.8 Å². The third-order valence-electron chi connectivity index (χ3n) is 6.51. The van der Waals surface area contributed by atoms with Crippen LogP contribution in [0, 0.1) is 6.92 Å². The Kier molecular flexibility index (Phi) is 8.15. The van der Waals surface area contributed by atoms with Crippen molar-refractivity contribution in [2.45, 2.75) is 13.5 Å². The van der Waals surface area contributed by atoms with Crippen molar-refractivity contribution in [2.24, 2.45) is 0 Å². The molecular formula is C33H32N4O2. The average Bonchev–Trinajstić information content (AvgIpc) is 2.97. The van der Waals surface area contributed by atoms with Crippen molar-refractivity contribution in [3.8, 4) is 16.9 Å². The summed E-state index contributed by atoms with van der Waals surface area (Å²) in [5, 5.41) is 10.9. The van der Waals surface area contributed by atoms with Gasteiger partial charge in [0, 0.05) is 53.2 Å². The van der Waals surface area contributed by atoms with Crippen LogP contribution in [0.1, 0.15) is 21.6 Å². The molecule has 6 nitrogen and oxygen atoms in total. The summed E-state index contributed by atoms with van der Waals surface area (Å²) in [5.41, 5.74) is 7.65. The van der Waals surface area contributed by atoms with Crippen LogP contribution < -0.4 is 20.7 Å². The molecule has 3 N–H and O–H groups in total. The van der Waals surface area contributed by atoms with Crippen molar-refractivity contribution in [1.29, 1.82) is 0 Å². The molecule has 39 heavy (non-hydrogen) atoms. The summed E-state index contributed by atoms with van der Waals surface area (Å²) in [6, 6.07) is 34.0. The Morgan fingerprint density at radius 1 is 0.846 bits per heavy atom. The van der Waals surface area contributed by atoms with Crippen LogP contribution in [-0.4, -0.2) is 31.1 Å². The van der Waals surface area contributed by atoms with E-state index in [2.05, 4.69) is 51.3 Å². The van der Waals surface area contributed by atoms with Crippen molar-refractivity contribution in [2.75, 3.05) is 25.5 Å². The van der Waals surface area contributed by atoms with Crippen molar-refractivity contribution in [1.82, 2.24) is 15.6 Å². The molecule has 5 rings (SSSR count). The molecule has 1 amide bonds. The molecule has 0 fully saturated rings. The summed E-state index contributed by atoms with van der Waals surface area (Å²) in [4.78, 5) is 17.4. The molecule has 0 unspecified atom stereocenters. The van der Waals surface area contributed by atoms with E-state index in [1.165, 1.54) is 5.56 Å². The maximum Gasteiger partial charge on any atom is 0.251 e. The van der Waals surface area contributed by atoms with Crippen LogP contribution in [-0.2, 0) is 6.54 Å². The van der Waals surface area contributed by atoms with E-state index in [-0.39, 0.29) is 5.91 Å². The van der Waals surface area contributed by atoms with E-state index in [1.54, 1.807) is 7.11 Å². The van der Waals surface area contributed by atoms with Gasteiger partial charge in [-0.25, -0.2) is 0 Å². The second-order valence-electron chi connectivity index (χ2n) is 9.37. The molecule has 0 radical (unpaired) electrons. The van der Waals surface area contributed by atoms with Gasteiger partial charge in [-0.05, 0) is 60.5 Å². The number of pyridine rings is 1. The summed E-state index contributed by atoms with van der Waals surface area (Å²) < 4.78 is 5.51. The van der Waals surface area contributed by atoms with Crippen LogP contribution in [0.4, 0.5) is 11.4 Å². The quantitative estimate of drug-likeness (QED) is 0.185. The topological polar surface area (TPSA) is 75.3 Å². The number of benzene rings is 4. The number of carbonyl (C=O) groups excluding carboxylic acids is 1. The predicted molar refractivity (Wildman–Crippen MR) is 159 cm³/mol. The van der Waals surface area contributed by atoms with Gasteiger partial charge in [0.25, 0.3) is 5.91 Å². The number of nitrogens with zero attached hydrogens (tertiary/aromatic N) is 1. The van der Waals surface area contributed by atoms with Gasteiger partial charge in [-0.1, -0.05) is 60.7 Å².